The van der Waals surface area contributed by atoms with E-state index in [1.165, 1.54) is 0 Å². The van der Waals surface area contributed by atoms with E-state index in [1.54, 1.807) is 0 Å². The molecular formula is C14H14F2N2O2. The Bertz CT molecular complexity index is 585. The van der Waals surface area contributed by atoms with E-state index in [9.17, 15) is 18.4 Å². The lowest BCUT2D eigenvalue weighted by atomic mass is 9.66. The van der Waals surface area contributed by atoms with E-state index in [4.69, 9.17) is 0 Å². The molecule has 106 valence electrons. The summed E-state index contributed by atoms with van der Waals surface area (Å²) in [4.78, 5) is 25.1. The number of benzene rings is 1. The van der Waals surface area contributed by atoms with Gasteiger partial charge in [0.2, 0.25) is 5.91 Å². The quantitative estimate of drug-likeness (QED) is 0.859. The van der Waals surface area contributed by atoms with Gasteiger partial charge in [-0.25, -0.2) is 18.5 Å². The molecule has 3 rings (SSSR count). The fourth-order valence-electron chi connectivity index (χ4n) is 2.85. The summed E-state index contributed by atoms with van der Waals surface area (Å²) in [7, 11) is 0. The molecule has 1 aliphatic heterocycles. The predicted octanol–water partition coefficient (Wildman–Crippen LogP) is 2.58. The highest BCUT2D eigenvalue weighted by Crippen LogP contribution is 2.45. The van der Waals surface area contributed by atoms with Crippen LogP contribution in [-0.4, -0.2) is 18.5 Å². The highest BCUT2D eigenvalue weighted by atomic mass is 19.1. The van der Waals surface area contributed by atoms with E-state index in [-0.39, 0.29) is 17.5 Å². The first-order chi connectivity index (χ1) is 9.51. The first kappa shape index (κ1) is 13.0. The largest absolute Gasteiger partial charge is 0.337 e. The zero-order valence-corrected chi connectivity index (χ0v) is 10.8. The molecule has 1 aromatic rings. The van der Waals surface area contributed by atoms with E-state index >= 15 is 0 Å². The fourth-order valence-corrected chi connectivity index (χ4v) is 2.85. The summed E-state index contributed by atoms with van der Waals surface area (Å²) in [5, 5.41) is 2.66. The van der Waals surface area contributed by atoms with Crippen LogP contribution in [0.5, 0.6) is 0 Å². The Kier molecular flexibility index (Phi) is 2.96. The molecule has 2 fully saturated rings. The molecule has 4 nitrogen and oxygen atoms in total. The monoisotopic (exact) mass is 280 g/mol. The van der Waals surface area contributed by atoms with Gasteiger partial charge in [-0.1, -0.05) is 6.42 Å². The van der Waals surface area contributed by atoms with Crippen LogP contribution in [0.2, 0.25) is 0 Å². The Labute approximate surface area is 114 Å². The van der Waals surface area contributed by atoms with E-state index < -0.39 is 23.6 Å². The summed E-state index contributed by atoms with van der Waals surface area (Å²) in [5.41, 5.74) is -0.386. The highest BCUT2D eigenvalue weighted by molar-refractivity contribution is 6.15. The smallest absolute Gasteiger partial charge is 0.328 e. The summed E-state index contributed by atoms with van der Waals surface area (Å²) < 4.78 is 26.7. The van der Waals surface area contributed by atoms with Gasteiger partial charge in [-0.3, -0.25) is 4.79 Å². The van der Waals surface area contributed by atoms with Gasteiger partial charge in [-0.2, -0.15) is 0 Å². The van der Waals surface area contributed by atoms with Gasteiger partial charge >= 0.3 is 6.03 Å². The van der Waals surface area contributed by atoms with Crippen LogP contribution < -0.4 is 10.2 Å². The minimum atomic E-state index is -0.918. The average Bonchev–Trinajstić information content (AvgIpc) is 2.47. The summed E-state index contributed by atoms with van der Waals surface area (Å²) in [5.74, 6) is -2.10. The molecule has 20 heavy (non-hydrogen) atoms. The molecule has 1 aromatic carbocycles. The molecule has 1 spiro atoms. The molecule has 0 aromatic heterocycles. The lowest BCUT2D eigenvalue weighted by molar-refractivity contribution is -0.121. The lowest BCUT2D eigenvalue weighted by Gasteiger charge is -2.39. The van der Waals surface area contributed by atoms with Gasteiger partial charge in [0.25, 0.3) is 0 Å². The van der Waals surface area contributed by atoms with Crippen LogP contribution in [0.3, 0.4) is 0 Å². The maximum Gasteiger partial charge on any atom is 0.328 e. The van der Waals surface area contributed by atoms with E-state index in [1.807, 2.05) is 0 Å². The minimum Gasteiger partial charge on any atom is -0.337 e. The highest BCUT2D eigenvalue weighted by Gasteiger charge is 2.44. The Balaban J connectivity index is 1.94. The molecule has 3 amide bonds. The number of carbonyl (C=O) groups excluding carboxylic acids is 2. The number of imide groups is 1. The molecule has 0 unspecified atom stereocenters. The van der Waals surface area contributed by atoms with Crippen LogP contribution in [0.1, 0.15) is 25.7 Å². The summed E-state index contributed by atoms with van der Waals surface area (Å²) in [6, 6.07) is 2.16. The van der Waals surface area contributed by atoms with Crippen molar-refractivity contribution in [3.8, 4) is 0 Å². The van der Waals surface area contributed by atoms with Gasteiger partial charge in [0.1, 0.15) is 11.6 Å². The van der Waals surface area contributed by atoms with Gasteiger partial charge in [-0.05, 0) is 30.4 Å². The zero-order chi connectivity index (χ0) is 14.3. The minimum absolute atomic E-state index is 0.183. The van der Waals surface area contributed by atoms with Gasteiger partial charge in [0, 0.05) is 19.0 Å². The predicted molar refractivity (Wildman–Crippen MR) is 68.1 cm³/mol. The lowest BCUT2D eigenvalue weighted by Crippen LogP contribution is -2.42. The standard InChI is InChI=1S/C14H14F2N2O2/c15-9-2-3-11(10(16)6-9)18-12(19)7-14(4-1-5-14)8-17-13(18)20/h2-3,6H,1,4-5,7-8H2,(H,17,20). The van der Waals surface area contributed by atoms with Crippen molar-refractivity contribution in [2.45, 2.75) is 25.7 Å². The van der Waals surface area contributed by atoms with Crippen molar-refractivity contribution in [2.75, 3.05) is 11.4 Å². The van der Waals surface area contributed by atoms with Gasteiger partial charge in [0.15, 0.2) is 0 Å². The summed E-state index contributed by atoms with van der Waals surface area (Å²) in [6.45, 7) is 0.427. The molecule has 1 saturated carbocycles. The van der Waals surface area contributed by atoms with Crippen molar-refractivity contribution < 1.29 is 18.4 Å². The third-order valence-corrected chi connectivity index (χ3v) is 4.16. The van der Waals surface area contributed by atoms with Crippen molar-refractivity contribution in [3.05, 3.63) is 29.8 Å². The number of anilines is 1. The molecule has 1 aliphatic carbocycles. The first-order valence-electron chi connectivity index (χ1n) is 6.57. The van der Waals surface area contributed by atoms with Crippen molar-refractivity contribution in [1.29, 1.82) is 0 Å². The Hall–Kier alpha value is -1.98. The zero-order valence-electron chi connectivity index (χ0n) is 10.8. The van der Waals surface area contributed by atoms with Crippen LogP contribution in [0.25, 0.3) is 0 Å². The number of rotatable bonds is 1. The number of halogens is 2. The van der Waals surface area contributed by atoms with Crippen LogP contribution in [-0.2, 0) is 4.79 Å². The van der Waals surface area contributed by atoms with Crippen molar-refractivity contribution in [2.24, 2.45) is 5.41 Å². The van der Waals surface area contributed by atoms with Crippen LogP contribution in [0, 0.1) is 17.0 Å². The molecule has 2 aliphatic rings. The van der Waals surface area contributed by atoms with Crippen LogP contribution in [0.4, 0.5) is 19.3 Å². The van der Waals surface area contributed by atoms with Crippen molar-refractivity contribution >= 4 is 17.6 Å². The van der Waals surface area contributed by atoms with Crippen molar-refractivity contribution in [1.82, 2.24) is 5.32 Å². The van der Waals surface area contributed by atoms with E-state index in [0.717, 1.165) is 36.3 Å². The van der Waals surface area contributed by atoms with Crippen molar-refractivity contribution in [3.63, 3.8) is 0 Å². The Morgan fingerprint density at radius 1 is 1.20 bits per heavy atom. The number of urea groups is 1. The second kappa shape index (κ2) is 4.54. The molecule has 0 atom stereocenters. The third kappa shape index (κ3) is 2.05. The van der Waals surface area contributed by atoms with Gasteiger partial charge < -0.3 is 5.32 Å². The molecular weight excluding hydrogens is 266 g/mol. The maximum absolute atomic E-state index is 13.8. The third-order valence-electron chi connectivity index (χ3n) is 4.16. The molecule has 0 bridgehead atoms. The Morgan fingerprint density at radius 3 is 2.55 bits per heavy atom. The molecule has 6 heteroatoms. The normalized spacial score (nSPS) is 21.4. The fraction of sp³-hybridized carbons (Fsp3) is 0.429. The topological polar surface area (TPSA) is 49.4 Å². The van der Waals surface area contributed by atoms with Gasteiger partial charge in [0.05, 0.1) is 5.69 Å². The second-order valence-corrected chi connectivity index (χ2v) is 5.51. The number of nitrogens with zero attached hydrogens (tertiary/aromatic N) is 1. The molecule has 1 heterocycles. The maximum atomic E-state index is 13.8. The number of hydrogen-bond acceptors (Lipinski definition) is 2. The molecule has 0 radical (unpaired) electrons. The summed E-state index contributed by atoms with van der Waals surface area (Å²) >= 11 is 0. The average molecular weight is 280 g/mol. The van der Waals surface area contributed by atoms with E-state index in [0.29, 0.717) is 12.6 Å². The molecule has 1 N–H and O–H groups in total. The van der Waals surface area contributed by atoms with Crippen LogP contribution >= 0.6 is 0 Å². The first-order valence-corrected chi connectivity index (χ1v) is 6.57. The number of nitrogens with one attached hydrogen (secondary N) is 1. The van der Waals surface area contributed by atoms with E-state index in [2.05, 4.69) is 5.32 Å². The SMILES string of the molecule is O=C1CC2(CCC2)CNC(=O)N1c1ccc(F)cc1F. The number of carbonyl (C=O) groups is 2. The number of amides is 3. The van der Waals surface area contributed by atoms with Crippen LogP contribution in [0.15, 0.2) is 18.2 Å². The Morgan fingerprint density at radius 2 is 1.95 bits per heavy atom. The second-order valence-electron chi connectivity index (χ2n) is 5.51. The number of hydrogen-bond donors (Lipinski definition) is 1. The molecule has 1 saturated heterocycles. The van der Waals surface area contributed by atoms with Gasteiger partial charge in [-0.15, -0.1) is 0 Å². The summed E-state index contributed by atoms with van der Waals surface area (Å²) in [6.07, 6.45) is 3.02.